The average Bonchev–Trinajstić information content (AvgIpc) is 3.05. The van der Waals surface area contributed by atoms with Crippen LogP contribution in [0.2, 0.25) is 0 Å². The van der Waals surface area contributed by atoms with Gasteiger partial charge in [0.2, 0.25) is 0 Å². The zero-order valence-electron chi connectivity index (χ0n) is 10.4. The third-order valence-corrected chi connectivity index (χ3v) is 4.39. The van der Waals surface area contributed by atoms with Crippen molar-refractivity contribution in [2.75, 3.05) is 18.1 Å². The fraction of sp³-hybridized carbons (Fsp3) is 0.500. The number of thiophene rings is 1. The van der Waals surface area contributed by atoms with Gasteiger partial charge in [-0.25, -0.2) is 0 Å². The molecule has 1 saturated carbocycles. The van der Waals surface area contributed by atoms with Gasteiger partial charge >= 0.3 is 0 Å². The van der Waals surface area contributed by atoms with E-state index in [9.17, 15) is 4.79 Å². The van der Waals surface area contributed by atoms with Crippen LogP contribution in [0.3, 0.4) is 0 Å². The number of nitriles is 1. The Kier molecular flexibility index (Phi) is 3.43. The summed E-state index contributed by atoms with van der Waals surface area (Å²) in [5, 5.41) is 15.7. The molecule has 1 aliphatic rings. The molecule has 4 N–H and O–H groups in total. The lowest BCUT2D eigenvalue weighted by atomic mass is 10.2. The van der Waals surface area contributed by atoms with Crippen LogP contribution in [0.25, 0.3) is 0 Å². The molecule has 0 aliphatic heterocycles. The van der Waals surface area contributed by atoms with Crippen molar-refractivity contribution in [3.63, 3.8) is 0 Å². The topological polar surface area (TPSA) is 90.9 Å². The Hall–Kier alpha value is -1.74. The second kappa shape index (κ2) is 4.86. The molecule has 0 aromatic carbocycles. The molecule has 0 radical (unpaired) electrons. The molecule has 1 aromatic heterocycles. The lowest BCUT2D eigenvalue weighted by molar-refractivity contribution is 0.0968. The first kappa shape index (κ1) is 12.7. The molecular formula is C12H16N4OS. The largest absolute Gasteiger partial charge is 0.396 e. The first-order chi connectivity index (χ1) is 8.62. The van der Waals surface area contributed by atoms with Crippen molar-refractivity contribution in [3.8, 4) is 6.07 Å². The van der Waals surface area contributed by atoms with E-state index < -0.39 is 0 Å². The number of nitrogens with two attached hydrogens (primary N) is 1. The van der Waals surface area contributed by atoms with E-state index in [2.05, 4.69) is 23.6 Å². The Balaban J connectivity index is 2.25. The normalized spacial score (nSPS) is 21.2. The quantitative estimate of drug-likeness (QED) is 0.773. The number of hydrogen-bond acceptors (Lipinski definition) is 5. The fourth-order valence-electron chi connectivity index (χ4n) is 1.98. The third kappa shape index (κ3) is 2.14. The number of hydrogen-bond donors (Lipinski definition) is 3. The van der Waals surface area contributed by atoms with Gasteiger partial charge in [0.25, 0.3) is 5.91 Å². The molecular weight excluding hydrogens is 248 g/mol. The van der Waals surface area contributed by atoms with Crippen LogP contribution < -0.4 is 16.4 Å². The lowest BCUT2D eigenvalue weighted by Crippen LogP contribution is -2.17. The smallest absolute Gasteiger partial charge is 0.263 e. The molecule has 1 aromatic rings. The van der Waals surface area contributed by atoms with E-state index in [4.69, 9.17) is 11.0 Å². The molecule has 1 fully saturated rings. The van der Waals surface area contributed by atoms with Crippen LogP contribution in [0.4, 0.5) is 10.7 Å². The van der Waals surface area contributed by atoms with Crippen LogP contribution in [0.1, 0.15) is 35.0 Å². The summed E-state index contributed by atoms with van der Waals surface area (Å²) in [4.78, 5) is 12.0. The maximum Gasteiger partial charge on any atom is 0.263 e. The number of carbonyl (C=O) groups is 1. The first-order valence-corrected chi connectivity index (χ1v) is 6.75. The minimum Gasteiger partial charge on any atom is -0.396 e. The minimum absolute atomic E-state index is 0.245. The summed E-state index contributed by atoms with van der Waals surface area (Å²) in [6, 6.07) is 2.49. The molecule has 2 unspecified atom stereocenters. The minimum atomic E-state index is -0.245. The Bertz CT molecular complexity index is 517. The summed E-state index contributed by atoms with van der Waals surface area (Å²) >= 11 is 1.25. The number of nitrogen functional groups attached to an aromatic ring is 1. The molecule has 0 bridgehead atoms. The van der Waals surface area contributed by atoms with Gasteiger partial charge in [0.05, 0.1) is 5.69 Å². The summed E-state index contributed by atoms with van der Waals surface area (Å²) in [7, 11) is 1.55. The van der Waals surface area contributed by atoms with E-state index in [-0.39, 0.29) is 11.6 Å². The van der Waals surface area contributed by atoms with Crippen LogP contribution in [-0.2, 0) is 0 Å². The molecule has 5 nitrogen and oxygen atoms in total. The molecule has 96 valence electrons. The van der Waals surface area contributed by atoms with Gasteiger partial charge in [-0.2, -0.15) is 5.26 Å². The highest BCUT2D eigenvalue weighted by molar-refractivity contribution is 7.19. The van der Waals surface area contributed by atoms with Crippen molar-refractivity contribution in [2.24, 2.45) is 5.92 Å². The first-order valence-electron chi connectivity index (χ1n) is 5.93. The van der Waals surface area contributed by atoms with Gasteiger partial charge in [-0.3, -0.25) is 4.79 Å². The molecule has 2 rings (SSSR count). The second-order valence-corrected chi connectivity index (χ2v) is 5.42. The number of nitrogens with one attached hydrogen (secondary N) is 2. The van der Waals surface area contributed by atoms with E-state index in [1.54, 1.807) is 7.05 Å². The van der Waals surface area contributed by atoms with Crippen LogP contribution in [0.5, 0.6) is 0 Å². The molecule has 1 amide bonds. The number of rotatable bonds is 4. The van der Waals surface area contributed by atoms with Crippen molar-refractivity contribution in [2.45, 2.75) is 25.8 Å². The van der Waals surface area contributed by atoms with Gasteiger partial charge in [0.1, 0.15) is 21.5 Å². The van der Waals surface area contributed by atoms with E-state index in [1.165, 1.54) is 11.3 Å². The van der Waals surface area contributed by atoms with E-state index in [0.717, 1.165) is 17.8 Å². The predicted molar refractivity (Wildman–Crippen MR) is 72.6 cm³/mol. The Labute approximate surface area is 110 Å². The summed E-state index contributed by atoms with van der Waals surface area (Å²) in [5.74, 6) is 0.424. The lowest BCUT2D eigenvalue weighted by Gasteiger charge is -2.02. The molecule has 18 heavy (non-hydrogen) atoms. The SMILES string of the molecule is CCC1CC1Nc1sc(C(=O)NC)c(N)c1C#N. The zero-order chi connectivity index (χ0) is 13.3. The van der Waals surface area contributed by atoms with E-state index in [1.807, 2.05) is 0 Å². The van der Waals surface area contributed by atoms with Crippen LogP contribution in [0.15, 0.2) is 0 Å². The van der Waals surface area contributed by atoms with E-state index in [0.29, 0.717) is 22.4 Å². The second-order valence-electron chi connectivity index (χ2n) is 4.39. The standard InChI is InChI=1S/C12H16N4OS/c1-3-6-4-8(6)16-12-7(5-13)9(14)10(18-12)11(17)15-2/h6,8,16H,3-4,14H2,1-2H3,(H,15,17). The summed E-state index contributed by atoms with van der Waals surface area (Å²) in [6.07, 6.45) is 2.25. The molecule has 0 saturated heterocycles. The highest BCUT2D eigenvalue weighted by Crippen LogP contribution is 2.41. The Morgan fingerprint density at radius 1 is 1.67 bits per heavy atom. The summed E-state index contributed by atoms with van der Waals surface area (Å²) < 4.78 is 0. The number of carbonyl (C=O) groups excluding carboxylic acids is 1. The predicted octanol–water partition coefficient (Wildman–Crippen LogP) is 1.77. The van der Waals surface area contributed by atoms with Crippen molar-refractivity contribution in [1.82, 2.24) is 5.32 Å². The maximum absolute atomic E-state index is 11.6. The molecule has 1 aliphatic carbocycles. The van der Waals surface area contributed by atoms with Gasteiger partial charge in [0.15, 0.2) is 0 Å². The van der Waals surface area contributed by atoms with Crippen molar-refractivity contribution in [1.29, 1.82) is 5.26 Å². The molecule has 1 heterocycles. The maximum atomic E-state index is 11.6. The highest BCUT2D eigenvalue weighted by Gasteiger charge is 2.36. The monoisotopic (exact) mass is 264 g/mol. The molecule has 2 atom stereocenters. The summed E-state index contributed by atoms with van der Waals surface area (Å²) in [6.45, 7) is 2.15. The van der Waals surface area contributed by atoms with Gasteiger partial charge in [-0.15, -0.1) is 11.3 Å². The molecule has 0 spiro atoms. The van der Waals surface area contributed by atoms with E-state index >= 15 is 0 Å². The summed E-state index contributed by atoms with van der Waals surface area (Å²) in [5.41, 5.74) is 6.51. The Morgan fingerprint density at radius 2 is 2.39 bits per heavy atom. The van der Waals surface area contributed by atoms with Crippen molar-refractivity contribution >= 4 is 27.9 Å². The van der Waals surface area contributed by atoms with Gasteiger partial charge < -0.3 is 16.4 Å². The molecule has 6 heteroatoms. The van der Waals surface area contributed by atoms with Crippen molar-refractivity contribution in [3.05, 3.63) is 10.4 Å². The third-order valence-electron chi connectivity index (χ3n) is 3.25. The number of amides is 1. The van der Waals surface area contributed by atoms with Crippen LogP contribution in [0, 0.1) is 17.2 Å². The average molecular weight is 264 g/mol. The van der Waals surface area contributed by atoms with Gasteiger partial charge in [-0.1, -0.05) is 13.3 Å². The zero-order valence-corrected chi connectivity index (χ0v) is 11.2. The van der Waals surface area contributed by atoms with Crippen LogP contribution >= 0.6 is 11.3 Å². The van der Waals surface area contributed by atoms with Gasteiger partial charge in [0, 0.05) is 13.1 Å². The van der Waals surface area contributed by atoms with Gasteiger partial charge in [-0.05, 0) is 12.3 Å². The number of nitrogens with zero attached hydrogens (tertiary/aromatic N) is 1. The highest BCUT2D eigenvalue weighted by atomic mass is 32.1. The number of anilines is 2. The van der Waals surface area contributed by atoms with Crippen LogP contribution in [-0.4, -0.2) is 19.0 Å². The Morgan fingerprint density at radius 3 is 2.89 bits per heavy atom. The fourth-order valence-corrected chi connectivity index (χ4v) is 3.06. The van der Waals surface area contributed by atoms with Crippen molar-refractivity contribution < 1.29 is 4.79 Å².